The van der Waals surface area contributed by atoms with Crippen LogP contribution in [0, 0.1) is 12.8 Å². The lowest BCUT2D eigenvalue weighted by Gasteiger charge is -2.23. The van der Waals surface area contributed by atoms with Gasteiger partial charge in [-0.15, -0.1) is 0 Å². The largest absolute Gasteiger partial charge is 0.481 e. The summed E-state index contributed by atoms with van der Waals surface area (Å²) in [4.78, 5) is 23.6. The second-order valence-corrected chi connectivity index (χ2v) is 6.07. The Hall–Kier alpha value is -2.62. The van der Waals surface area contributed by atoms with Crippen molar-refractivity contribution in [3.05, 3.63) is 71.3 Å². The van der Waals surface area contributed by atoms with E-state index in [0.717, 1.165) is 11.1 Å². The lowest BCUT2D eigenvalue weighted by Crippen LogP contribution is -2.35. The number of aryl methyl sites for hydroxylation is 2. The monoisotopic (exact) mass is 325 g/mol. The van der Waals surface area contributed by atoms with Crippen LogP contribution >= 0.6 is 0 Å². The van der Waals surface area contributed by atoms with Crippen molar-refractivity contribution in [2.75, 3.05) is 0 Å². The number of benzene rings is 2. The van der Waals surface area contributed by atoms with E-state index in [4.69, 9.17) is 0 Å². The zero-order valence-electron chi connectivity index (χ0n) is 14.0. The third-order valence-electron chi connectivity index (χ3n) is 4.13. The van der Waals surface area contributed by atoms with Crippen LogP contribution in [0.15, 0.2) is 54.6 Å². The van der Waals surface area contributed by atoms with Gasteiger partial charge in [0, 0.05) is 6.42 Å². The van der Waals surface area contributed by atoms with Crippen LogP contribution in [0.2, 0.25) is 0 Å². The summed E-state index contributed by atoms with van der Waals surface area (Å²) in [5.41, 5.74) is 3.08. The van der Waals surface area contributed by atoms with E-state index in [1.54, 1.807) is 6.92 Å². The molecular weight excluding hydrogens is 302 g/mol. The average Bonchev–Trinajstić information content (AvgIpc) is 2.59. The van der Waals surface area contributed by atoms with E-state index in [9.17, 15) is 14.7 Å². The van der Waals surface area contributed by atoms with Crippen molar-refractivity contribution >= 4 is 11.9 Å². The van der Waals surface area contributed by atoms with Gasteiger partial charge in [0.15, 0.2) is 0 Å². The van der Waals surface area contributed by atoms with Crippen molar-refractivity contribution in [3.8, 4) is 0 Å². The molecule has 0 fully saturated rings. The van der Waals surface area contributed by atoms with Crippen LogP contribution < -0.4 is 5.32 Å². The highest BCUT2D eigenvalue weighted by molar-refractivity contribution is 5.78. The van der Waals surface area contributed by atoms with Gasteiger partial charge < -0.3 is 10.4 Å². The highest BCUT2D eigenvalue weighted by Gasteiger charge is 2.26. The SMILES string of the molecule is Cc1ccc(CCC(=O)NC(c2ccccc2)C(C)C(=O)O)cc1. The van der Waals surface area contributed by atoms with E-state index < -0.39 is 17.9 Å². The summed E-state index contributed by atoms with van der Waals surface area (Å²) in [5, 5.41) is 12.2. The molecule has 0 radical (unpaired) electrons. The minimum absolute atomic E-state index is 0.141. The summed E-state index contributed by atoms with van der Waals surface area (Å²) in [7, 11) is 0. The van der Waals surface area contributed by atoms with Crippen molar-refractivity contribution in [2.24, 2.45) is 5.92 Å². The van der Waals surface area contributed by atoms with Crippen LogP contribution in [0.5, 0.6) is 0 Å². The number of rotatable bonds is 7. The number of carbonyl (C=O) groups excluding carboxylic acids is 1. The molecule has 2 unspecified atom stereocenters. The predicted octanol–water partition coefficient (Wildman–Crippen LogP) is 3.51. The van der Waals surface area contributed by atoms with Crippen molar-refractivity contribution in [2.45, 2.75) is 32.7 Å². The maximum absolute atomic E-state index is 12.3. The summed E-state index contributed by atoms with van der Waals surface area (Å²) >= 11 is 0. The van der Waals surface area contributed by atoms with Gasteiger partial charge >= 0.3 is 5.97 Å². The van der Waals surface area contributed by atoms with Gasteiger partial charge in [-0.1, -0.05) is 60.2 Å². The molecular formula is C20H23NO3. The van der Waals surface area contributed by atoms with Crippen molar-refractivity contribution in [1.82, 2.24) is 5.32 Å². The Morgan fingerprint density at radius 2 is 1.67 bits per heavy atom. The molecule has 4 nitrogen and oxygen atoms in total. The van der Waals surface area contributed by atoms with Crippen LogP contribution in [0.25, 0.3) is 0 Å². The zero-order valence-corrected chi connectivity index (χ0v) is 14.0. The summed E-state index contributed by atoms with van der Waals surface area (Å²) in [6.07, 6.45) is 0.966. The number of aliphatic carboxylic acids is 1. The number of amides is 1. The smallest absolute Gasteiger partial charge is 0.308 e. The third-order valence-corrected chi connectivity index (χ3v) is 4.13. The first-order valence-electron chi connectivity index (χ1n) is 8.10. The summed E-state index contributed by atoms with van der Waals surface area (Å²) in [5.74, 6) is -1.77. The number of nitrogens with one attached hydrogen (secondary N) is 1. The number of carbonyl (C=O) groups is 2. The van der Waals surface area contributed by atoms with Gasteiger partial charge in [-0.2, -0.15) is 0 Å². The second-order valence-electron chi connectivity index (χ2n) is 6.07. The van der Waals surface area contributed by atoms with E-state index in [1.165, 1.54) is 5.56 Å². The molecule has 0 spiro atoms. The highest BCUT2D eigenvalue weighted by atomic mass is 16.4. The maximum Gasteiger partial charge on any atom is 0.308 e. The van der Waals surface area contributed by atoms with E-state index in [0.29, 0.717) is 12.8 Å². The van der Waals surface area contributed by atoms with E-state index in [2.05, 4.69) is 5.32 Å². The Balaban J connectivity index is 2.01. The number of hydrogen-bond acceptors (Lipinski definition) is 2. The lowest BCUT2D eigenvalue weighted by molar-refractivity contribution is -0.142. The molecule has 2 N–H and O–H groups in total. The molecule has 1 amide bonds. The van der Waals surface area contributed by atoms with Gasteiger partial charge in [0.05, 0.1) is 12.0 Å². The van der Waals surface area contributed by atoms with Crippen LogP contribution in [0.1, 0.15) is 36.1 Å². The normalized spacial score (nSPS) is 13.1. The standard InChI is InChI=1S/C20H23NO3/c1-14-8-10-16(11-9-14)12-13-18(22)21-19(15(2)20(23)24)17-6-4-3-5-7-17/h3-11,15,19H,12-13H2,1-2H3,(H,21,22)(H,23,24). The van der Waals surface area contributed by atoms with Crippen LogP contribution in [0.4, 0.5) is 0 Å². The first-order valence-corrected chi connectivity index (χ1v) is 8.10. The molecule has 0 saturated heterocycles. The van der Waals surface area contributed by atoms with Crippen molar-refractivity contribution < 1.29 is 14.7 Å². The average molecular weight is 325 g/mol. The van der Waals surface area contributed by atoms with Crippen molar-refractivity contribution in [1.29, 1.82) is 0 Å². The molecule has 4 heteroatoms. The van der Waals surface area contributed by atoms with Gasteiger partial charge in [-0.25, -0.2) is 0 Å². The van der Waals surface area contributed by atoms with Crippen molar-refractivity contribution in [3.63, 3.8) is 0 Å². The summed E-state index contributed by atoms with van der Waals surface area (Å²) in [6, 6.07) is 16.8. The fourth-order valence-electron chi connectivity index (χ4n) is 2.56. The first-order chi connectivity index (χ1) is 11.5. The Labute approximate surface area is 142 Å². The maximum atomic E-state index is 12.3. The van der Waals surface area contributed by atoms with Crippen LogP contribution in [-0.2, 0) is 16.0 Å². The minimum atomic E-state index is -0.928. The zero-order chi connectivity index (χ0) is 17.5. The van der Waals surface area contributed by atoms with Crippen LogP contribution in [0.3, 0.4) is 0 Å². The van der Waals surface area contributed by atoms with Gasteiger partial charge in [-0.05, 0) is 31.4 Å². The van der Waals surface area contributed by atoms with Gasteiger partial charge in [0.25, 0.3) is 0 Å². The number of hydrogen-bond donors (Lipinski definition) is 2. The Morgan fingerprint density at radius 3 is 2.25 bits per heavy atom. The fraction of sp³-hybridized carbons (Fsp3) is 0.300. The minimum Gasteiger partial charge on any atom is -0.481 e. The topological polar surface area (TPSA) is 66.4 Å². The quantitative estimate of drug-likeness (QED) is 0.819. The van der Waals surface area contributed by atoms with Gasteiger partial charge in [0.1, 0.15) is 0 Å². The molecule has 126 valence electrons. The molecule has 0 aromatic heterocycles. The third kappa shape index (κ3) is 4.95. The lowest BCUT2D eigenvalue weighted by atomic mass is 9.94. The second kappa shape index (κ2) is 8.29. The molecule has 2 aromatic carbocycles. The molecule has 0 saturated carbocycles. The van der Waals surface area contributed by atoms with Gasteiger partial charge in [-0.3, -0.25) is 9.59 Å². The van der Waals surface area contributed by atoms with E-state index in [-0.39, 0.29) is 5.91 Å². The number of carboxylic acid groups (broad SMARTS) is 1. The predicted molar refractivity (Wildman–Crippen MR) is 93.6 cm³/mol. The molecule has 0 aliphatic rings. The molecule has 2 aromatic rings. The molecule has 0 aliphatic carbocycles. The summed E-state index contributed by atoms with van der Waals surface area (Å²) < 4.78 is 0. The molecule has 2 rings (SSSR count). The van der Waals surface area contributed by atoms with E-state index >= 15 is 0 Å². The Bertz CT molecular complexity index is 680. The van der Waals surface area contributed by atoms with Crippen LogP contribution in [-0.4, -0.2) is 17.0 Å². The Morgan fingerprint density at radius 1 is 1.04 bits per heavy atom. The molecule has 0 bridgehead atoms. The Kier molecular flexibility index (Phi) is 6.13. The molecule has 0 aliphatic heterocycles. The first kappa shape index (κ1) is 17.7. The molecule has 0 heterocycles. The van der Waals surface area contributed by atoms with E-state index in [1.807, 2.05) is 61.5 Å². The number of carboxylic acids is 1. The summed E-state index contributed by atoms with van der Waals surface area (Å²) in [6.45, 7) is 3.63. The molecule has 24 heavy (non-hydrogen) atoms. The van der Waals surface area contributed by atoms with Gasteiger partial charge in [0.2, 0.25) is 5.91 Å². The highest BCUT2D eigenvalue weighted by Crippen LogP contribution is 2.22. The molecule has 2 atom stereocenters. The fourth-order valence-corrected chi connectivity index (χ4v) is 2.56.